The molecule has 1 aromatic heterocycles. The predicted octanol–water partition coefficient (Wildman–Crippen LogP) is 3.53. The first kappa shape index (κ1) is 16.7. The smallest absolute Gasteiger partial charge is 0.340 e. The largest absolute Gasteiger partial charge is 0.462 e. The number of para-hydroxylation sites is 1. The second kappa shape index (κ2) is 7.58. The Labute approximate surface area is 136 Å². The van der Waals surface area contributed by atoms with Crippen LogP contribution in [0.15, 0.2) is 30.3 Å². The van der Waals surface area contributed by atoms with Crippen molar-refractivity contribution in [2.24, 2.45) is 0 Å². The van der Waals surface area contributed by atoms with Crippen LogP contribution in [0.4, 0.5) is 17.5 Å². The van der Waals surface area contributed by atoms with Gasteiger partial charge in [-0.3, -0.25) is 0 Å². The summed E-state index contributed by atoms with van der Waals surface area (Å²) >= 11 is 0. The number of aryl methyl sites for hydroxylation is 1. The molecule has 6 nitrogen and oxygen atoms in total. The summed E-state index contributed by atoms with van der Waals surface area (Å²) in [4.78, 5) is 20.8. The lowest BCUT2D eigenvalue weighted by Crippen LogP contribution is -2.13. The first-order valence-corrected chi connectivity index (χ1v) is 7.65. The quantitative estimate of drug-likeness (QED) is 0.794. The molecule has 0 radical (unpaired) electrons. The van der Waals surface area contributed by atoms with Crippen LogP contribution in [-0.4, -0.2) is 28.6 Å². The Morgan fingerprint density at radius 1 is 1.26 bits per heavy atom. The number of rotatable bonds is 6. The molecule has 0 saturated carbocycles. The van der Waals surface area contributed by atoms with Gasteiger partial charge in [0.15, 0.2) is 0 Å². The fourth-order valence-corrected chi connectivity index (χ4v) is 2.09. The molecule has 0 aliphatic rings. The van der Waals surface area contributed by atoms with Gasteiger partial charge in [0.1, 0.15) is 5.82 Å². The van der Waals surface area contributed by atoms with Gasteiger partial charge in [0.05, 0.1) is 17.9 Å². The summed E-state index contributed by atoms with van der Waals surface area (Å²) in [5, 5.41) is 6.35. The third-order valence-electron chi connectivity index (χ3n) is 2.96. The fraction of sp³-hybridized carbons (Fsp3) is 0.353. The molecule has 0 bridgehead atoms. The van der Waals surface area contributed by atoms with Crippen molar-refractivity contribution < 1.29 is 9.53 Å². The van der Waals surface area contributed by atoms with E-state index < -0.39 is 0 Å². The molecule has 0 aliphatic carbocycles. The molecule has 2 rings (SSSR count). The molecule has 122 valence electrons. The lowest BCUT2D eigenvalue weighted by molar-refractivity contribution is 0.0527. The third-order valence-corrected chi connectivity index (χ3v) is 2.96. The average molecular weight is 314 g/mol. The lowest BCUT2D eigenvalue weighted by Gasteiger charge is -2.13. The molecule has 0 atom stereocenters. The summed E-state index contributed by atoms with van der Waals surface area (Å²) in [7, 11) is 0. The summed E-state index contributed by atoms with van der Waals surface area (Å²) in [5.41, 5.74) is 1.91. The van der Waals surface area contributed by atoms with Crippen molar-refractivity contribution >= 4 is 23.4 Å². The van der Waals surface area contributed by atoms with E-state index in [1.165, 1.54) is 0 Å². The van der Waals surface area contributed by atoms with Gasteiger partial charge in [-0.2, -0.15) is 4.98 Å². The zero-order chi connectivity index (χ0) is 16.8. The van der Waals surface area contributed by atoms with Crippen LogP contribution in [0.3, 0.4) is 0 Å². The molecule has 0 saturated heterocycles. The van der Waals surface area contributed by atoms with E-state index >= 15 is 0 Å². The minimum atomic E-state index is -0.371. The molecule has 0 unspecified atom stereocenters. The normalized spacial score (nSPS) is 10.5. The van der Waals surface area contributed by atoms with Crippen LogP contribution >= 0.6 is 0 Å². The standard InChI is InChI=1S/C17H22N4O2/c1-5-23-16(22)13-8-6-7-9-14(13)20-17-19-12(4)10-15(21-17)18-11(2)3/h6-11H,5H2,1-4H3,(H2,18,19,20,21). The number of nitrogens with zero attached hydrogens (tertiary/aromatic N) is 2. The zero-order valence-corrected chi connectivity index (χ0v) is 13.9. The molecule has 6 heteroatoms. The number of hydrogen-bond donors (Lipinski definition) is 2. The Kier molecular flexibility index (Phi) is 5.51. The van der Waals surface area contributed by atoms with Crippen molar-refractivity contribution in [3.8, 4) is 0 Å². The third kappa shape index (κ3) is 4.67. The highest BCUT2D eigenvalue weighted by Crippen LogP contribution is 2.21. The molecule has 1 heterocycles. The second-order valence-corrected chi connectivity index (χ2v) is 5.41. The average Bonchev–Trinajstić information content (AvgIpc) is 2.46. The van der Waals surface area contributed by atoms with E-state index in [0.29, 0.717) is 23.8 Å². The van der Waals surface area contributed by atoms with Crippen LogP contribution in [0.1, 0.15) is 36.8 Å². The van der Waals surface area contributed by atoms with Gasteiger partial charge in [0.25, 0.3) is 0 Å². The van der Waals surface area contributed by atoms with Gasteiger partial charge in [-0.15, -0.1) is 0 Å². The Hall–Kier alpha value is -2.63. The highest BCUT2D eigenvalue weighted by Gasteiger charge is 2.13. The number of nitrogens with one attached hydrogen (secondary N) is 2. The fourth-order valence-electron chi connectivity index (χ4n) is 2.09. The first-order chi connectivity index (χ1) is 11.0. The van der Waals surface area contributed by atoms with Gasteiger partial charge in [-0.1, -0.05) is 12.1 Å². The highest BCUT2D eigenvalue weighted by atomic mass is 16.5. The Morgan fingerprint density at radius 2 is 2.00 bits per heavy atom. The Balaban J connectivity index is 2.29. The van der Waals surface area contributed by atoms with Crippen molar-refractivity contribution in [3.05, 3.63) is 41.6 Å². The molecule has 0 amide bonds. The van der Waals surface area contributed by atoms with Gasteiger partial charge in [0, 0.05) is 17.8 Å². The van der Waals surface area contributed by atoms with Crippen LogP contribution in [0.25, 0.3) is 0 Å². The first-order valence-electron chi connectivity index (χ1n) is 7.65. The minimum Gasteiger partial charge on any atom is -0.462 e. The summed E-state index contributed by atoms with van der Waals surface area (Å²) < 4.78 is 5.07. The molecule has 1 aromatic carbocycles. The molecule has 23 heavy (non-hydrogen) atoms. The van der Waals surface area contributed by atoms with Crippen LogP contribution in [0.2, 0.25) is 0 Å². The maximum Gasteiger partial charge on any atom is 0.340 e. The van der Waals surface area contributed by atoms with Crippen LogP contribution in [0, 0.1) is 6.92 Å². The predicted molar refractivity (Wildman–Crippen MR) is 91.2 cm³/mol. The summed E-state index contributed by atoms with van der Waals surface area (Å²) in [6, 6.07) is 9.29. The van der Waals surface area contributed by atoms with E-state index in [0.717, 1.165) is 11.5 Å². The van der Waals surface area contributed by atoms with E-state index in [4.69, 9.17) is 4.74 Å². The topological polar surface area (TPSA) is 76.1 Å². The Morgan fingerprint density at radius 3 is 2.70 bits per heavy atom. The maximum absolute atomic E-state index is 12.0. The van der Waals surface area contributed by atoms with Crippen LogP contribution in [0.5, 0.6) is 0 Å². The minimum absolute atomic E-state index is 0.268. The monoisotopic (exact) mass is 314 g/mol. The number of hydrogen-bond acceptors (Lipinski definition) is 6. The maximum atomic E-state index is 12.0. The molecule has 0 fully saturated rings. The number of benzene rings is 1. The molecular formula is C17H22N4O2. The highest BCUT2D eigenvalue weighted by molar-refractivity contribution is 5.96. The van der Waals surface area contributed by atoms with Crippen LogP contribution < -0.4 is 10.6 Å². The van der Waals surface area contributed by atoms with Gasteiger partial charge in [-0.05, 0) is 39.8 Å². The lowest BCUT2D eigenvalue weighted by atomic mass is 10.2. The number of anilines is 3. The second-order valence-electron chi connectivity index (χ2n) is 5.41. The van der Waals surface area contributed by atoms with Gasteiger partial charge < -0.3 is 15.4 Å². The van der Waals surface area contributed by atoms with E-state index in [9.17, 15) is 4.79 Å². The van der Waals surface area contributed by atoms with Crippen molar-refractivity contribution in [2.75, 3.05) is 17.2 Å². The zero-order valence-electron chi connectivity index (χ0n) is 13.9. The summed E-state index contributed by atoms with van der Waals surface area (Å²) in [6.45, 7) is 8.09. The van der Waals surface area contributed by atoms with Crippen molar-refractivity contribution in [1.82, 2.24) is 9.97 Å². The molecule has 0 aliphatic heterocycles. The van der Waals surface area contributed by atoms with Gasteiger partial charge >= 0.3 is 5.97 Å². The number of aromatic nitrogens is 2. The molecule has 2 aromatic rings. The SMILES string of the molecule is CCOC(=O)c1ccccc1Nc1nc(C)cc(NC(C)C)n1. The van der Waals surface area contributed by atoms with E-state index in [1.54, 1.807) is 25.1 Å². The van der Waals surface area contributed by atoms with E-state index in [-0.39, 0.29) is 12.0 Å². The van der Waals surface area contributed by atoms with Crippen LogP contribution in [-0.2, 0) is 4.74 Å². The molecular weight excluding hydrogens is 292 g/mol. The molecule has 0 spiro atoms. The van der Waals surface area contributed by atoms with E-state index in [1.807, 2.05) is 32.9 Å². The van der Waals surface area contributed by atoms with Crippen molar-refractivity contribution in [2.45, 2.75) is 33.7 Å². The number of carbonyl (C=O) groups excluding carboxylic acids is 1. The van der Waals surface area contributed by atoms with E-state index in [2.05, 4.69) is 20.6 Å². The summed E-state index contributed by atoms with van der Waals surface area (Å²) in [6.07, 6.45) is 0. The number of carbonyl (C=O) groups is 1. The number of ether oxygens (including phenoxy) is 1. The summed E-state index contributed by atoms with van der Waals surface area (Å²) in [5.74, 6) is 0.803. The molecule has 2 N–H and O–H groups in total. The Bertz CT molecular complexity index is 686. The van der Waals surface area contributed by atoms with Gasteiger partial charge in [-0.25, -0.2) is 9.78 Å². The number of esters is 1. The van der Waals surface area contributed by atoms with Crippen molar-refractivity contribution in [3.63, 3.8) is 0 Å². The van der Waals surface area contributed by atoms with Crippen molar-refractivity contribution in [1.29, 1.82) is 0 Å². The van der Waals surface area contributed by atoms with Gasteiger partial charge in [0.2, 0.25) is 5.95 Å².